The third-order valence-electron chi connectivity index (χ3n) is 3.09. The Hall–Kier alpha value is -2.76. The minimum Gasteiger partial charge on any atom is -0.242 e. The molecule has 2 heterocycles. The van der Waals surface area contributed by atoms with Crippen molar-refractivity contribution in [2.24, 2.45) is 0 Å². The molecule has 0 saturated heterocycles. The average molecular weight is 280 g/mol. The lowest BCUT2D eigenvalue weighted by molar-refractivity contribution is 0.530. The Morgan fingerprint density at radius 3 is 2.05 bits per heavy atom. The first-order valence-corrected chi connectivity index (χ1v) is 6.81. The van der Waals surface area contributed by atoms with Gasteiger partial charge >= 0.3 is 0 Å². The molecule has 0 spiro atoms. The molecule has 0 aliphatic heterocycles. The van der Waals surface area contributed by atoms with Crippen LogP contribution in [0.25, 0.3) is 22.1 Å². The van der Waals surface area contributed by atoms with E-state index in [-0.39, 0.29) is 0 Å². The lowest BCUT2D eigenvalue weighted by Gasteiger charge is -2.03. The summed E-state index contributed by atoms with van der Waals surface area (Å²) in [5.41, 5.74) is 3.90. The first-order valence-electron chi connectivity index (χ1n) is 6.81. The number of aromatic amines is 1. The number of aromatic nitrogens is 6. The summed E-state index contributed by atoms with van der Waals surface area (Å²) in [5.74, 6) is 0. The lowest BCUT2D eigenvalue weighted by Crippen LogP contribution is -2.02. The van der Waals surface area contributed by atoms with Crippen molar-refractivity contribution in [3.05, 3.63) is 48.5 Å². The van der Waals surface area contributed by atoms with Crippen molar-refractivity contribution in [1.82, 2.24) is 30.4 Å². The Bertz CT molecular complexity index is 815. The van der Waals surface area contributed by atoms with Crippen LogP contribution in [0, 0.1) is 0 Å². The molecule has 6 nitrogen and oxygen atoms in total. The van der Waals surface area contributed by atoms with Crippen LogP contribution >= 0.6 is 0 Å². The van der Waals surface area contributed by atoms with Crippen LogP contribution in [-0.4, -0.2) is 30.4 Å². The van der Waals surface area contributed by atoms with Crippen molar-refractivity contribution in [2.75, 3.05) is 0 Å². The molecule has 2 aromatic heterocycles. The largest absolute Gasteiger partial charge is 0.242 e. The zero-order valence-electron chi connectivity index (χ0n) is 11.9. The van der Waals surface area contributed by atoms with Gasteiger partial charge in [-0.15, -0.1) is 5.10 Å². The van der Waals surface area contributed by atoms with E-state index in [1.165, 1.54) is 0 Å². The number of hydrogen-bond donors (Lipinski definition) is 1. The molecule has 0 unspecified atom stereocenters. The molecule has 106 valence electrons. The Labute approximate surface area is 121 Å². The first-order chi connectivity index (χ1) is 10.3. The highest BCUT2D eigenvalue weighted by Gasteiger charge is 2.04. The third-order valence-corrected chi connectivity index (χ3v) is 3.09. The highest BCUT2D eigenvalue weighted by molar-refractivity contribution is 5.74. The van der Waals surface area contributed by atoms with Crippen LogP contribution < -0.4 is 0 Å². The van der Waals surface area contributed by atoms with Crippen molar-refractivity contribution in [1.29, 1.82) is 0 Å². The fraction of sp³-hybridized carbons (Fsp3) is 0.200. The van der Waals surface area contributed by atoms with E-state index in [0.29, 0.717) is 6.04 Å². The van der Waals surface area contributed by atoms with Gasteiger partial charge in [-0.25, -0.2) is 4.68 Å². The van der Waals surface area contributed by atoms with Gasteiger partial charge in [-0.05, 0) is 38.1 Å². The first kappa shape index (κ1) is 13.2. The zero-order chi connectivity index (χ0) is 14.7. The number of nitrogens with one attached hydrogen (secondary N) is 1. The second-order valence-electron chi connectivity index (χ2n) is 4.93. The molecule has 4 rings (SSSR count). The van der Waals surface area contributed by atoms with Crippen LogP contribution in [0.5, 0.6) is 0 Å². The van der Waals surface area contributed by atoms with Gasteiger partial charge in [0.2, 0.25) is 0 Å². The van der Waals surface area contributed by atoms with E-state index in [2.05, 4.69) is 39.6 Å². The van der Waals surface area contributed by atoms with Gasteiger partial charge in [-0.1, -0.05) is 29.5 Å². The molecule has 21 heavy (non-hydrogen) atoms. The van der Waals surface area contributed by atoms with Gasteiger partial charge in [-0.3, -0.25) is 0 Å². The van der Waals surface area contributed by atoms with Crippen LogP contribution in [0.4, 0.5) is 0 Å². The van der Waals surface area contributed by atoms with Gasteiger partial charge in [0.15, 0.2) is 0 Å². The molecule has 0 amide bonds. The zero-order valence-corrected chi connectivity index (χ0v) is 11.9. The summed E-state index contributed by atoms with van der Waals surface area (Å²) in [7, 11) is 0. The molecule has 0 aliphatic rings. The topological polar surface area (TPSA) is 72.3 Å². The number of benzene rings is 2. The Kier molecular flexibility index (Phi) is 3.59. The maximum absolute atomic E-state index is 4.06. The van der Waals surface area contributed by atoms with Crippen LogP contribution in [0.3, 0.4) is 0 Å². The maximum atomic E-state index is 4.06. The van der Waals surface area contributed by atoms with Crippen molar-refractivity contribution >= 4 is 22.1 Å². The quantitative estimate of drug-likeness (QED) is 0.582. The predicted molar refractivity (Wildman–Crippen MR) is 81.8 cm³/mol. The summed E-state index contributed by atoms with van der Waals surface area (Å²) in [5, 5.41) is 18.4. The lowest BCUT2D eigenvalue weighted by atomic mass is 10.3. The van der Waals surface area contributed by atoms with Gasteiger partial charge in [0.25, 0.3) is 0 Å². The highest BCUT2D eigenvalue weighted by Crippen LogP contribution is 2.13. The number of nitrogens with zero attached hydrogens (tertiary/aromatic N) is 5. The van der Waals surface area contributed by atoms with Crippen molar-refractivity contribution in [3.8, 4) is 0 Å². The molecule has 6 heteroatoms. The van der Waals surface area contributed by atoms with Gasteiger partial charge < -0.3 is 0 Å². The van der Waals surface area contributed by atoms with Crippen molar-refractivity contribution < 1.29 is 0 Å². The van der Waals surface area contributed by atoms with E-state index >= 15 is 0 Å². The summed E-state index contributed by atoms with van der Waals surface area (Å²) in [4.78, 5) is 0. The Balaban J connectivity index is 0.000000131. The van der Waals surface area contributed by atoms with Gasteiger partial charge in [-0.2, -0.15) is 15.4 Å². The molecule has 0 radical (unpaired) electrons. The predicted octanol–water partition coefficient (Wildman–Crippen LogP) is 2.97. The molecule has 0 saturated carbocycles. The molecule has 4 aromatic rings. The molecular weight excluding hydrogens is 264 g/mol. The normalized spacial score (nSPS) is 10.8. The number of H-pyrrole nitrogens is 1. The van der Waals surface area contributed by atoms with E-state index in [1.54, 1.807) is 0 Å². The Morgan fingerprint density at radius 2 is 1.43 bits per heavy atom. The maximum Gasteiger partial charge on any atom is 0.113 e. The second-order valence-corrected chi connectivity index (χ2v) is 4.93. The van der Waals surface area contributed by atoms with Gasteiger partial charge in [0.05, 0.1) is 5.52 Å². The molecular formula is C15H16N6. The summed E-state index contributed by atoms with van der Waals surface area (Å²) in [6.07, 6.45) is 0. The molecule has 2 aromatic carbocycles. The standard InChI is InChI=1S/C9H11N3.C6H5N3/c1-7(2)12-9-6-4-3-5-8(9)10-11-12;1-2-4-6-5(3-1)7-9-8-6/h3-7H,1-2H3;1-4H,(H,7,8,9). The highest BCUT2D eigenvalue weighted by atomic mass is 15.4. The van der Waals surface area contributed by atoms with E-state index in [1.807, 2.05) is 53.2 Å². The number of rotatable bonds is 1. The van der Waals surface area contributed by atoms with Crippen LogP contribution in [0.15, 0.2) is 48.5 Å². The van der Waals surface area contributed by atoms with E-state index < -0.39 is 0 Å². The van der Waals surface area contributed by atoms with Gasteiger partial charge in [0.1, 0.15) is 16.6 Å². The summed E-state index contributed by atoms with van der Waals surface area (Å²) >= 11 is 0. The van der Waals surface area contributed by atoms with Crippen molar-refractivity contribution in [3.63, 3.8) is 0 Å². The number of fused-ring (bicyclic) bond motifs is 2. The summed E-state index contributed by atoms with van der Waals surface area (Å²) < 4.78 is 1.93. The fourth-order valence-corrected chi connectivity index (χ4v) is 2.05. The summed E-state index contributed by atoms with van der Waals surface area (Å²) in [6.45, 7) is 4.20. The van der Waals surface area contributed by atoms with E-state index in [9.17, 15) is 0 Å². The number of hydrogen-bond acceptors (Lipinski definition) is 4. The van der Waals surface area contributed by atoms with Crippen molar-refractivity contribution in [2.45, 2.75) is 19.9 Å². The number of para-hydroxylation sites is 3. The van der Waals surface area contributed by atoms with Crippen LogP contribution in [-0.2, 0) is 0 Å². The fourth-order valence-electron chi connectivity index (χ4n) is 2.05. The smallest absolute Gasteiger partial charge is 0.113 e. The van der Waals surface area contributed by atoms with E-state index in [4.69, 9.17) is 0 Å². The Morgan fingerprint density at radius 1 is 0.857 bits per heavy atom. The second kappa shape index (κ2) is 5.70. The third kappa shape index (κ3) is 2.74. The summed E-state index contributed by atoms with van der Waals surface area (Å²) in [6, 6.07) is 16.1. The molecule has 0 atom stereocenters. The SMILES string of the molecule is CC(C)n1nnc2ccccc21.c1ccc2n[nH]nc2c1. The molecule has 0 aliphatic carbocycles. The van der Waals surface area contributed by atoms with Crippen LogP contribution in [0.1, 0.15) is 19.9 Å². The molecule has 0 bridgehead atoms. The monoisotopic (exact) mass is 280 g/mol. The average Bonchev–Trinajstić information content (AvgIpc) is 3.14. The minimum atomic E-state index is 0.373. The molecule has 0 fully saturated rings. The molecule has 1 N–H and O–H groups in total. The van der Waals surface area contributed by atoms with E-state index in [0.717, 1.165) is 22.1 Å². The van der Waals surface area contributed by atoms with Crippen LogP contribution in [0.2, 0.25) is 0 Å². The minimum absolute atomic E-state index is 0.373. The van der Waals surface area contributed by atoms with Gasteiger partial charge in [0, 0.05) is 6.04 Å².